The first-order valence-corrected chi connectivity index (χ1v) is 10.5. The number of rotatable bonds is 0. The van der Waals surface area contributed by atoms with Gasteiger partial charge in [-0.1, -0.05) is 59.7 Å². The van der Waals surface area contributed by atoms with E-state index in [-0.39, 0.29) is 0 Å². The molecule has 0 amide bonds. The third-order valence-corrected chi connectivity index (χ3v) is 7.95. The van der Waals surface area contributed by atoms with Crippen molar-refractivity contribution in [2.75, 3.05) is 0 Å². The third-order valence-electron chi connectivity index (χ3n) is 5.39. The lowest BCUT2D eigenvalue weighted by atomic mass is 10.0. The third kappa shape index (κ3) is 1.89. The highest BCUT2D eigenvalue weighted by Gasteiger charge is 2.15. The fourth-order valence-corrected chi connectivity index (χ4v) is 6.91. The topological polar surface area (TPSA) is 0 Å². The van der Waals surface area contributed by atoms with Crippen molar-refractivity contribution in [1.82, 2.24) is 0 Å². The number of hydrogen-bond acceptors (Lipinski definition) is 2. The highest BCUT2D eigenvalue weighted by atomic mass is 32.2. The summed E-state index contributed by atoms with van der Waals surface area (Å²) >= 11 is 3.91. The Bertz CT molecular complexity index is 1380. The summed E-state index contributed by atoms with van der Waals surface area (Å²) in [5, 5.41) is 9.70. The largest absolute Gasteiger partial charge is 0.123 e. The van der Waals surface area contributed by atoms with Gasteiger partial charge in [0, 0.05) is 25.6 Å². The predicted octanol–water partition coefficient (Wildman–Crippen LogP) is 8.19. The van der Waals surface area contributed by atoms with E-state index < -0.39 is 0 Å². The second kappa shape index (κ2) is 5.06. The van der Waals surface area contributed by atoms with Crippen molar-refractivity contribution >= 4 is 73.8 Å². The van der Waals surface area contributed by atoms with Gasteiger partial charge in [0.1, 0.15) is 0 Å². The Morgan fingerprint density at radius 1 is 0.538 bits per heavy atom. The molecule has 0 N–H and O–H groups in total. The maximum Gasteiger partial charge on any atom is 0.0890 e. The van der Waals surface area contributed by atoms with E-state index in [1.807, 2.05) is 22.7 Å². The van der Waals surface area contributed by atoms with Gasteiger partial charge in [0.25, 0.3) is 0 Å². The average molecular weight is 369 g/mol. The van der Waals surface area contributed by atoms with Gasteiger partial charge in [-0.3, -0.25) is 0 Å². The molecule has 0 fully saturated rings. The molecule has 4 aromatic carbocycles. The Kier molecular flexibility index (Phi) is 2.87. The Morgan fingerprint density at radius 3 is 1.50 bits per heavy atom. The molecule has 0 radical (unpaired) electrons. The van der Waals surface area contributed by atoms with Crippen LogP contribution in [-0.2, 0) is 0 Å². The number of fused-ring (bicyclic) bond motifs is 9. The van der Waals surface area contributed by atoms with Crippen LogP contribution in [0.5, 0.6) is 0 Å². The van der Waals surface area contributed by atoms with Crippen molar-refractivity contribution in [3.63, 3.8) is 0 Å². The van der Waals surface area contributed by atoms with Gasteiger partial charge in [0.2, 0.25) is 0 Å². The number of thiophene rings is 2. The van der Waals surface area contributed by atoms with Crippen LogP contribution in [0.2, 0.25) is 0 Å². The zero-order valence-corrected chi connectivity index (χ0v) is 16.2. The van der Waals surface area contributed by atoms with Crippen molar-refractivity contribution in [1.29, 1.82) is 0 Å². The molecule has 6 rings (SSSR count). The van der Waals surface area contributed by atoms with Gasteiger partial charge in [-0.25, -0.2) is 0 Å². The minimum Gasteiger partial charge on any atom is -0.123 e. The van der Waals surface area contributed by atoms with Crippen LogP contribution in [0.15, 0.2) is 60.7 Å². The molecule has 0 aliphatic rings. The lowest BCUT2D eigenvalue weighted by Gasteiger charge is -2.03. The maximum absolute atomic E-state index is 2.33. The van der Waals surface area contributed by atoms with E-state index >= 15 is 0 Å². The summed E-state index contributed by atoms with van der Waals surface area (Å²) < 4.78 is 4.30. The molecule has 0 aliphatic carbocycles. The number of aryl methyl sites for hydroxylation is 2. The molecule has 0 aliphatic heterocycles. The lowest BCUT2D eigenvalue weighted by molar-refractivity contribution is 1.51. The normalized spacial score (nSPS) is 12.2. The molecule has 0 saturated heterocycles. The molecule has 2 aromatic heterocycles. The van der Waals surface area contributed by atoms with Crippen LogP contribution < -0.4 is 0 Å². The van der Waals surface area contributed by atoms with Crippen molar-refractivity contribution in [3.05, 3.63) is 71.8 Å². The molecular weight excluding hydrogens is 352 g/mol. The predicted molar refractivity (Wildman–Crippen MR) is 119 cm³/mol. The summed E-state index contributed by atoms with van der Waals surface area (Å²) in [4.78, 5) is 0. The first-order valence-electron chi connectivity index (χ1n) is 8.86. The Labute approximate surface area is 159 Å². The first kappa shape index (κ1) is 14.7. The van der Waals surface area contributed by atoms with Gasteiger partial charge in [-0.05, 0) is 47.5 Å². The fraction of sp³-hybridized carbons (Fsp3) is 0.0833. The summed E-state index contributed by atoms with van der Waals surface area (Å²) in [6.45, 7) is 4.36. The van der Waals surface area contributed by atoms with E-state index in [1.54, 1.807) is 0 Å². The SMILES string of the molecule is Cc1ccc2ccc3c(sc4sc5c6cc(C)ccc6ccc5c43)c2c1. The highest BCUT2D eigenvalue weighted by Crippen LogP contribution is 2.48. The molecule has 2 heteroatoms. The van der Waals surface area contributed by atoms with Gasteiger partial charge in [0.05, 0.1) is 4.01 Å². The maximum atomic E-state index is 2.33. The minimum atomic E-state index is 1.33. The highest BCUT2D eigenvalue weighted by molar-refractivity contribution is 7.45. The number of benzene rings is 4. The van der Waals surface area contributed by atoms with Crippen LogP contribution >= 0.6 is 22.7 Å². The van der Waals surface area contributed by atoms with Gasteiger partial charge in [0.15, 0.2) is 0 Å². The Morgan fingerprint density at radius 2 is 1.00 bits per heavy atom. The summed E-state index contributed by atoms with van der Waals surface area (Å²) in [5.74, 6) is 0. The van der Waals surface area contributed by atoms with E-state index in [1.165, 1.54) is 62.2 Å². The van der Waals surface area contributed by atoms with E-state index in [2.05, 4.69) is 74.5 Å². The molecule has 0 nitrogen and oxygen atoms in total. The van der Waals surface area contributed by atoms with Crippen molar-refractivity contribution in [2.45, 2.75) is 13.8 Å². The van der Waals surface area contributed by atoms with Crippen LogP contribution in [0, 0.1) is 13.8 Å². The van der Waals surface area contributed by atoms with Gasteiger partial charge < -0.3 is 0 Å². The lowest BCUT2D eigenvalue weighted by Crippen LogP contribution is -1.77. The minimum absolute atomic E-state index is 1.33. The summed E-state index contributed by atoms with van der Waals surface area (Å²) in [7, 11) is 0. The molecule has 0 bridgehead atoms. The van der Waals surface area contributed by atoms with Gasteiger partial charge in [-0.2, -0.15) is 0 Å². The van der Waals surface area contributed by atoms with Gasteiger partial charge >= 0.3 is 0 Å². The van der Waals surface area contributed by atoms with Gasteiger partial charge in [-0.15, -0.1) is 22.7 Å². The monoisotopic (exact) mass is 368 g/mol. The molecule has 26 heavy (non-hydrogen) atoms. The van der Waals surface area contributed by atoms with Crippen LogP contribution in [0.25, 0.3) is 51.1 Å². The second-order valence-corrected chi connectivity index (χ2v) is 9.50. The Balaban J connectivity index is 1.83. The van der Waals surface area contributed by atoms with E-state index in [0.29, 0.717) is 0 Å². The molecule has 0 unspecified atom stereocenters. The fourth-order valence-electron chi connectivity index (χ4n) is 4.10. The second-order valence-electron chi connectivity index (χ2n) is 7.20. The quantitative estimate of drug-likeness (QED) is 0.253. The summed E-state index contributed by atoms with van der Waals surface area (Å²) in [6, 6.07) is 22.7. The summed E-state index contributed by atoms with van der Waals surface area (Å²) in [6.07, 6.45) is 0. The van der Waals surface area contributed by atoms with Crippen molar-refractivity contribution in [2.24, 2.45) is 0 Å². The Hall–Kier alpha value is -2.42. The average Bonchev–Trinajstić information content (AvgIpc) is 3.18. The molecular formula is C24H16S2. The zero-order valence-electron chi connectivity index (χ0n) is 14.6. The van der Waals surface area contributed by atoms with Crippen LogP contribution in [0.1, 0.15) is 11.1 Å². The molecule has 0 spiro atoms. The van der Waals surface area contributed by atoms with Crippen LogP contribution in [-0.4, -0.2) is 0 Å². The smallest absolute Gasteiger partial charge is 0.0890 e. The van der Waals surface area contributed by atoms with E-state index in [0.717, 1.165) is 0 Å². The zero-order chi connectivity index (χ0) is 17.4. The molecule has 6 aromatic rings. The first-order chi connectivity index (χ1) is 12.7. The molecule has 0 saturated carbocycles. The molecule has 2 heterocycles. The van der Waals surface area contributed by atoms with Crippen LogP contribution in [0.3, 0.4) is 0 Å². The van der Waals surface area contributed by atoms with Crippen LogP contribution in [0.4, 0.5) is 0 Å². The van der Waals surface area contributed by atoms with E-state index in [4.69, 9.17) is 0 Å². The number of hydrogen-bond donors (Lipinski definition) is 0. The van der Waals surface area contributed by atoms with Crippen molar-refractivity contribution < 1.29 is 0 Å². The van der Waals surface area contributed by atoms with Crippen molar-refractivity contribution in [3.8, 4) is 0 Å². The summed E-state index contributed by atoms with van der Waals surface area (Å²) in [5.41, 5.74) is 2.65. The van der Waals surface area contributed by atoms with E-state index in [9.17, 15) is 0 Å². The standard InChI is InChI=1S/C24H16S2/c1-13-3-5-15-7-9-17-21-18-10-8-16-6-4-14(2)12-20(16)23(18)26-24(21)25-22(17)19(15)11-13/h3-12H,1-2H3. The molecule has 124 valence electrons. The molecule has 0 atom stereocenters.